The molecule has 0 atom stereocenters. The number of nitrogens with zero attached hydrogens (tertiary/aromatic N) is 2. The Morgan fingerprint density at radius 3 is 2.72 bits per heavy atom. The predicted molar refractivity (Wildman–Crippen MR) is 76.5 cm³/mol. The molecule has 0 unspecified atom stereocenters. The molecule has 1 aromatic carbocycles. The standard InChI is InChI=1S/C14H22N4/c1-3-8-18(4-2)9-7-17-13-5-6-14(16)12(10-13)11-15/h5-6,10,17H,3-4,7-9,16H2,1-2H3. The average Bonchev–Trinajstić information content (AvgIpc) is 2.39. The first-order valence-corrected chi connectivity index (χ1v) is 6.47. The van der Waals surface area contributed by atoms with Crippen molar-refractivity contribution in [3.05, 3.63) is 23.8 Å². The van der Waals surface area contributed by atoms with Crippen molar-refractivity contribution in [2.24, 2.45) is 0 Å². The molecular weight excluding hydrogens is 224 g/mol. The van der Waals surface area contributed by atoms with Gasteiger partial charge in [-0.15, -0.1) is 0 Å². The molecule has 0 heterocycles. The fourth-order valence-electron chi connectivity index (χ4n) is 1.87. The third-order valence-electron chi connectivity index (χ3n) is 2.92. The predicted octanol–water partition coefficient (Wildman–Crippen LogP) is 2.28. The number of rotatable bonds is 7. The van der Waals surface area contributed by atoms with E-state index in [0.717, 1.165) is 31.9 Å². The summed E-state index contributed by atoms with van der Waals surface area (Å²) in [5, 5.41) is 12.2. The molecule has 3 N–H and O–H groups in total. The van der Waals surface area contributed by atoms with Gasteiger partial charge in [-0.3, -0.25) is 0 Å². The van der Waals surface area contributed by atoms with Gasteiger partial charge in [-0.1, -0.05) is 13.8 Å². The van der Waals surface area contributed by atoms with E-state index in [1.165, 1.54) is 6.42 Å². The van der Waals surface area contributed by atoms with Gasteiger partial charge in [0, 0.05) is 24.5 Å². The zero-order valence-corrected chi connectivity index (χ0v) is 11.2. The van der Waals surface area contributed by atoms with Crippen molar-refractivity contribution in [2.45, 2.75) is 20.3 Å². The molecule has 0 bridgehead atoms. The summed E-state index contributed by atoms with van der Waals surface area (Å²) in [5.41, 5.74) is 7.69. The smallest absolute Gasteiger partial charge is 0.101 e. The van der Waals surface area contributed by atoms with Crippen LogP contribution in [0.4, 0.5) is 11.4 Å². The lowest BCUT2D eigenvalue weighted by Crippen LogP contribution is -2.29. The van der Waals surface area contributed by atoms with Crippen LogP contribution in [0.15, 0.2) is 18.2 Å². The minimum Gasteiger partial charge on any atom is -0.398 e. The van der Waals surface area contributed by atoms with Gasteiger partial charge >= 0.3 is 0 Å². The molecule has 0 fully saturated rings. The lowest BCUT2D eigenvalue weighted by molar-refractivity contribution is 0.300. The Morgan fingerprint density at radius 2 is 2.11 bits per heavy atom. The van der Waals surface area contributed by atoms with Crippen LogP contribution < -0.4 is 11.1 Å². The van der Waals surface area contributed by atoms with E-state index >= 15 is 0 Å². The number of nitriles is 1. The van der Waals surface area contributed by atoms with Crippen molar-refractivity contribution in [3.8, 4) is 6.07 Å². The third-order valence-corrected chi connectivity index (χ3v) is 2.92. The number of benzene rings is 1. The summed E-state index contributed by atoms with van der Waals surface area (Å²) in [5.74, 6) is 0. The van der Waals surface area contributed by atoms with E-state index < -0.39 is 0 Å². The van der Waals surface area contributed by atoms with E-state index in [9.17, 15) is 0 Å². The molecule has 0 radical (unpaired) electrons. The second-order valence-corrected chi connectivity index (χ2v) is 4.27. The summed E-state index contributed by atoms with van der Waals surface area (Å²) in [6.07, 6.45) is 1.17. The first-order valence-electron chi connectivity index (χ1n) is 6.47. The van der Waals surface area contributed by atoms with Gasteiger partial charge in [0.05, 0.1) is 5.56 Å². The molecule has 0 aromatic heterocycles. The van der Waals surface area contributed by atoms with Crippen LogP contribution in [0.25, 0.3) is 0 Å². The van der Waals surface area contributed by atoms with Crippen LogP contribution >= 0.6 is 0 Å². The number of nitrogens with one attached hydrogen (secondary N) is 1. The van der Waals surface area contributed by atoms with Crippen molar-refractivity contribution >= 4 is 11.4 Å². The molecule has 98 valence electrons. The normalized spacial score (nSPS) is 10.3. The van der Waals surface area contributed by atoms with E-state index in [2.05, 4.69) is 30.1 Å². The second kappa shape index (κ2) is 7.57. The maximum absolute atomic E-state index is 8.90. The molecule has 0 aliphatic carbocycles. The van der Waals surface area contributed by atoms with Gasteiger partial charge in [-0.2, -0.15) is 5.26 Å². The number of nitrogen functional groups attached to an aromatic ring is 1. The number of nitrogens with two attached hydrogens (primary N) is 1. The van der Waals surface area contributed by atoms with Crippen LogP contribution in [0, 0.1) is 11.3 Å². The first-order chi connectivity index (χ1) is 8.71. The summed E-state index contributed by atoms with van der Waals surface area (Å²) in [6.45, 7) is 8.45. The maximum Gasteiger partial charge on any atom is 0.101 e. The average molecular weight is 246 g/mol. The number of anilines is 2. The Bertz CT molecular complexity index is 409. The fraction of sp³-hybridized carbons (Fsp3) is 0.500. The molecule has 18 heavy (non-hydrogen) atoms. The SMILES string of the molecule is CCCN(CC)CCNc1ccc(N)c(C#N)c1. The molecule has 0 saturated heterocycles. The van der Waals surface area contributed by atoms with E-state index in [1.54, 1.807) is 12.1 Å². The van der Waals surface area contributed by atoms with Crippen LogP contribution in [0.1, 0.15) is 25.8 Å². The van der Waals surface area contributed by atoms with Crippen molar-refractivity contribution in [2.75, 3.05) is 37.2 Å². The molecule has 4 heteroatoms. The molecule has 1 aromatic rings. The Balaban J connectivity index is 2.46. The van der Waals surface area contributed by atoms with E-state index in [4.69, 9.17) is 11.0 Å². The minimum atomic E-state index is 0.529. The monoisotopic (exact) mass is 246 g/mol. The highest BCUT2D eigenvalue weighted by Crippen LogP contribution is 2.16. The molecule has 0 aliphatic heterocycles. The summed E-state index contributed by atoms with van der Waals surface area (Å²) in [7, 11) is 0. The largest absolute Gasteiger partial charge is 0.398 e. The Morgan fingerprint density at radius 1 is 1.33 bits per heavy atom. The van der Waals surface area contributed by atoms with Crippen molar-refractivity contribution < 1.29 is 0 Å². The van der Waals surface area contributed by atoms with Gasteiger partial charge in [0.25, 0.3) is 0 Å². The van der Waals surface area contributed by atoms with Gasteiger partial charge < -0.3 is 16.0 Å². The van der Waals surface area contributed by atoms with E-state index in [0.29, 0.717) is 11.3 Å². The molecular formula is C14H22N4. The quantitative estimate of drug-likeness (QED) is 0.724. The van der Waals surface area contributed by atoms with Gasteiger partial charge in [0.2, 0.25) is 0 Å². The minimum absolute atomic E-state index is 0.529. The lowest BCUT2D eigenvalue weighted by atomic mass is 10.2. The maximum atomic E-state index is 8.90. The van der Waals surface area contributed by atoms with Gasteiger partial charge in [-0.05, 0) is 37.7 Å². The molecule has 0 amide bonds. The van der Waals surface area contributed by atoms with Crippen LogP contribution in [0.3, 0.4) is 0 Å². The van der Waals surface area contributed by atoms with Gasteiger partial charge in [0.1, 0.15) is 6.07 Å². The van der Waals surface area contributed by atoms with Crippen LogP contribution in [0.2, 0.25) is 0 Å². The molecule has 1 rings (SSSR count). The molecule has 4 nitrogen and oxygen atoms in total. The topological polar surface area (TPSA) is 65.1 Å². The van der Waals surface area contributed by atoms with Crippen molar-refractivity contribution in [3.63, 3.8) is 0 Å². The summed E-state index contributed by atoms with van der Waals surface area (Å²) in [4.78, 5) is 2.40. The Labute approximate surface area is 109 Å². The second-order valence-electron chi connectivity index (χ2n) is 4.27. The van der Waals surface area contributed by atoms with Crippen LogP contribution in [-0.4, -0.2) is 31.1 Å². The Hall–Kier alpha value is -1.73. The number of likely N-dealkylation sites (N-methyl/N-ethyl adjacent to an activating group) is 1. The number of hydrogen-bond donors (Lipinski definition) is 2. The third kappa shape index (κ3) is 4.27. The molecule has 0 saturated carbocycles. The fourth-order valence-corrected chi connectivity index (χ4v) is 1.87. The summed E-state index contributed by atoms with van der Waals surface area (Å²) >= 11 is 0. The van der Waals surface area contributed by atoms with Gasteiger partial charge in [-0.25, -0.2) is 0 Å². The molecule has 0 spiro atoms. The highest BCUT2D eigenvalue weighted by Gasteiger charge is 2.02. The summed E-state index contributed by atoms with van der Waals surface area (Å²) < 4.78 is 0. The first kappa shape index (κ1) is 14.3. The zero-order chi connectivity index (χ0) is 13.4. The van der Waals surface area contributed by atoms with Gasteiger partial charge in [0.15, 0.2) is 0 Å². The highest BCUT2D eigenvalue weighted by molar-refractivity contribution is 5.61. The number of hydrogen-bond acceptors (Lipinski definition) is 4. The van der Waals surface area contributed by atoms with Crippen LogP contribution in [-0.2, 0) is 0 Å². The van der Waals surface area contributed by atoms with Crippen LogP contribution in [0.5, 0.6) is 0 Å². The van der Waals surface area contributed by atoms with E-state index in [-0.39, 0.29) is 0 Å². The van der Waals surface area contributed by atoms with Crippen molar-refractivity contribution in [1.82, 2.24) is 4.90 Å². The summed E-state index contributed by atoms with van der Waals surface area (Å²) in [6, 6.07) is 7.57. The lowest BCUT2D eigenvalue weighted by Gasteiger charge is -2.20. The Kier molecular flexibility index (Phi) is 6.03. The zero-order valence-electron chi connectivity index (χ0n) is 11.2. The van der Waals surface area contributed by atoms with E-state index in [1.807, 2.05) is 6.07 Å². The highest BCUT2D eigenvalue weighted by atomic mass is 15.1. The van der Waals surface area contributed by atoms with Crippen molar-refractivity contribution in [1.29, 1.82) is 5.26 Å². The molecule has 0 aliphatic rings.